The van der Waals surface area contributed by atoms with Crippen LogP contribution in [0.1, 0.15) is 18.7 Å². The van der Waals surface area contributed by atoms with Crippen LogP contribution in [0.2, 0.25) is 0 Å². The molecule has 2 aliphatic rings. The largest absolute Gasteiger partial charge is 0.382 e. The lowest BCUT2D eigenvalue weighted by atomic mass is 9.71. The van der Waals surface area contributed by atoms with Crippen LogP contribution in [0.5, 0.6) is 0 Å². The molecule has 1 saturated carbocycles. The van der Waals surface area contributed by atoms with Gasteiger partial charge in [-0.05, 0) is 54.3 Å². The highest BCUT2D eigenvalue weighted by Crippen LogP contribution is 2.44. The Morgan fingerprint density at radius 1 is 1.35 bits per heavy atom. The number of anilines is 1. The molecule has 4 rings (SSSR count). The van der Waals surface area contributed by atoms with Crippen LogP contribution in [0.25, 0.3) is 5.69 Å². The van der Waals surface area contributed by atoms with Crippen molar-refractivity contribution in [2.75, 3.05) is 5.32 Å². The van der Waals surface area contributed by atoms with E-state index in [2.05, 4.69) is 45.1 Å². The second-order valence-corrected chi connectivity index (χ2v) is 5.68. The van der Waals surface area contributed by atoms with E-state index in [0.29, 0.717) is 12.0 Å². The SMILES string of the molecule is Cc1nnnn1-c1cccc(NC2CC3CC=CC32)c1. The van der Waals surface area contributed by atoms with E-state index in [1.54, 1.807) is 4.68 Å². The summed E-state index contributed by atoms with van der Waals surface area (Å²) in [5.74, 6) is 2.38. The molecule has 1 aromatic carbocycles. The molecule has 0 aliphatic heterocycles. The van der Waals surface area contributed by atoms with E-state index in [1.165, 1.54) is 12.8 Å². The number of aryl methyl sites for hydroxylation is 1. The van der Waals surface area contributed by atoms with Gasteiger partial charge >= 0.3 is 0 Å². The van der Waals surface area contributed by atoms with Gasteiger partial charge in [0.15, 0.2) is 5.82 Å². The summed E-state index contributed by atoms with van der Waals surface area (Å²) in [6.45, 7) is 1.90. The summed E-state index contributed by atoms with van der Waals surface area (Å²) >= 11 is 0. The number of hydrogen-bond acceptors (Lipinski definition) is 4. The normalized spacial score (nSPS) is 27.1. The first kappa shape index (κ1) is 11.6. The lowest BCUT2D eigenvalue weighted by molar-refractivity contribution is 0.218. The van der Waals surface area contributed by atoms with E-state index >= 15 is 0 Å². The van der Waals surface area contributed by atoms with Crippen LogP contribution in [0.3, 0.4) is 0 Å². The zero-order valence-electron chi connectivity index (χ0n) is 11.4. The van der Waals surface area contributed by atoms with Crippen LogP contribution in [-0.4, -0.2) is 26.2 Å². The Bertz CT molecular complexity index is 660. The van der Waals surface area contributed by atoms with Crippen molar-refractivity contribution < 1.29 is 0 Å². The maximum Gasteiger partial charge on any atom is 0.153 e. The van der Waals surface area contributed by atoms with Gasteiger partial charge in [-0.2, -0.15) is 4.68 Å². The standard InChI is InChI=1S/C15H17N5/c1-10-17-18-19-20(10)13-6-3-5-12(9-13)16-15-8-11-4-2-7-14(11)15/h2-3,5-7,9,11,14-16H,4,8H2,1H3. The average Bonchev–Trinajstić information content (AvgIpc) is 3.02. The number of rotatable bonds is 3. The number of nitrogens with zero attached hydrogens (tertiary/aromatic N) is 4. The molecule has 1 aromatic heterocycles. The Morgan fingerprint density at radius 2 is 2.30 bits per heavy atom. The first-order valence-electron chi connectivity index (χ1n) is 7.10. The summed E-state index contributed by atoms with van der Waals surface area (Å²) in [5, 5.41) is 15.3. The van der Waals surface area contributed by atoms with Crippen molar-refractivity contribution in [3.63, 3.8) is 0 Å². The number of benzene rings is 1. The first-order valence-corrected chi connectivity index (χ1v) is 7.10. The summed E-state index contributed by atoms with van der Waals surface area (Å²) in [6, 6.07) is 8.85. The first-order chi connectivity index (χ1) is 9.81. The van der Waals surface area contributed by atoms with Crippen molar-refractivity contribution in [2.45, 2.75) is 25.8 Å². The summed E-state index contributed by atoms with van der Waals surface area (Å²) in [5.41, 5.74) is 2.14. The molecular formula is C15H17N5. The molecule has 0 bridgehead atoms. The highest BCUT2D eigenvalue weighted by Gasteiger charge is 2.40. The Hall–Kier alpha value is -2.17. The molecule has 102 valence electrons. The third-order valence-corrected chi connectivity index (χ3v) is 4.43. The van der Waals surface area contributed by atoms with Crippen LogP contribution in [0.4, 0.5) is 5.69 Å². The molecule has 0 saturated heterocycles. The quantitative estimate of drug-likeness (QED) is 0.867. The van der Waals surface area contributed by atoms with Crippen molar-refractivity contribution in [2.24, 2.45) is 11.8 Å². The number of allylic oxidation sites excluding steroid dienone is 1. The predicted molar refractivity (Wildman–Crippen MR) is 76.7 cm³/mol. The minimum atomic E-state index is 0.573. The summed E-state index contributed by atoms with van der Waals surface area (Å²) < 4.78 is 1.75. The van der Waals surface area contributed by atoms with Crippen molar-refractivity contribution in [3.8, 4) is 5.69 Å². The minimum Gasteiger partial charge on any atom is -0.382 e. The molecule has 0 spiro atoms. The van der Waals surface area contributed by atoms with Gasteiger partial charge in [0.25, 0.3) is 0 Å². The molecule has 2 aromatic rings. The van der Waals surface area contributed by atoms with Gasteiger partial charge in [-0.1, -0.05) is 18.2 Å². The fourth-order valence-electron chi connectivity index (χ4n) is 3.30. The van der Waals surface area contributed by atoms with Crippen LogP contribution >= 0.6 is 0 Å². The molecule has 3 atom stereocenters. The fraction of sp³-hybridized carbons (Fsp3) is 0.400. The lowest BCUT2D eigenvalue weighted by Crippen LogP contribution is -2.43. The van der Waals surface area contributed by atoms with Crippen molar-refractivity contribution in [1.29, 1.82) is 0 Å². The van der Waals surface area contributed by atoms with Gasteiger partial charge in [0.05, 0.1) is 5.69 Å². The molecule has 20 heavy (non-hydrogen) atoms. The van der Waals surface area contributed by atoms with Crippen LogP contribution in [-0.2, 0) is 0 Å². The third-order valence-electron chi connectivity index (χ3n) is 4.43. The second-order valence-electron chi connectivity index (χ2n) is 5.68. The second kappa shape index (κ2) is 4.44. The molecule has 5 nitrogen and oxygen atoms in total. The third kappa shape index (κ3) is 1.81. The van der Waals surface area contributed by atoms with E-state index in [9.17, 15) is 0 Å². The Labute approximate surface area is 117 Å². The number of nitrogens with one attached hydrogen (secondary N) is 1. The van der Waals surface area contributed by atoms with Gasteiger partial charge in [0.1, 0.15) is 0 Å². The average molecular weight is 267 g/mol. The Morgan fingerprint density at radius 3 is 3.10 bits per heavy atom. The maximum atomic E-state index is 4.01. The van der Waals surface area contributed by atoms with E-state index in [4.69, 9.17) is 0 Å². The van der Waals surface area contributed by atoms with Gasteiger partial charge < -0.3 is 5.32 Å². The van der Waals surface area contributed by atoms with E-state index in [1.807, 2.05) is 19.1 Å². The topological polar surface area (TPSA) is 55.6 Å². The molecular weight excluding hydrogens is 250 g/mol. The molecule has 0 radical (unpaired) electrons. The highest BCUT2D eigenvalue weighted by atomic mass is 15.5. The van der Waals surface area contributed by atoms with Crippen LogP contribution in [0, 0.1) is 18.8 Å². The van der Waals surface area contributed by atoms with E-state index in [-0.39, 0.29) is 0 Å². The zero-order valence-corrected chi connectivity index (χ0v) is 11.4. The molecule has 3 unspecified atom stereocenters. The van der Waals surface area contributed by atoms with Crippen LogP contribution < -0.4 is 5.32 Å². The molecule has 5 heteroatoms. The Kier molecular flexibility index (Phi) is 2.58. The number of tetrazole rings is 1. The van der Waals surface area contributed by atoms with Crippen molar-refractivity contribution in [1.82, 2.24) is 20.2 Å². The molecule has 0 amide bonds. The monoisotopic (exact) mass is 267 g/mol. The van der Waals surface area contributed by atoms with Crippen molar-refractivity contribution in [3.05, 3.63) is 42.2 Å². The Balaban J connectivity index is 1.55. The van der Waals surface area contributed by atoms with Gasteiger partial charge in [-0.3, -0.25) is 0 Å². The number of hydrogen-bond donors (Lipinski definition) is 1. The van der Waals surface area contributed by atoms with Crippen molar-refractivity contribution >= 4 is 5.69 Å². The molecule has 1 N–H and O–H groups in total. The molecule has 2 aliphatic carbocycles. The molecule has 1 fully saturated rings. The minimum absolute atomic E-state index is 0.573. The summed E-state index contributed by atoms with van der Waals surface area (Å²) in [6.07, 6.45) is 7.21. The molecule has 1 heterocycles. The summed E-state index contributed by atoms with van der Waals surface area (Å²) in [7, 11) is 0. The maximum absolute atomic E-state index is 4.01. The van der Waals surface area contributed by atoms with Gasteiger partial charge in [-0.25, -0.2) is 0 Å². The van der Waals surface area contributed by atoms with Crippen LogP contribution in [0.15, 0.2) is 36.4 Å². The van der Waals surface area contributed by atoms with Gasteiger partial charge in [0, 0.05) is 17.6 Å². The van der Waals surface area contributed by atoms with E-state index in [0.717, 1.165) is 23.1 Å². The van der Waals surface area contributed by atoms with Gasteiger partial charge in [-0.15, -0.1) is 5.10 Å². The number of aromatic nitrogens is 4. The number of fused-ring (bicyclic) bond motifs is 1. The summed E-state index contributed by atoms with van der Waals surface area (Å²) in [4.78, 5) is 0. The zero-order chi connectivity index (χ0) is 13.5. The van der Waals surface area contributed by atoms with Gasteiger partial charge in [0.2, 0.25) is 0 Å². The fourth-order valence-corrected chi connectivity index (χ4v) is 3.30. The smallest absolute Gasteiger partial charge is 0.153 e. The predicted octanol–water partition coefficient (Wildman–Crippen LogP) is 2.35. The lowest BCUT2D eigenvalue weighted by Gasteiger charge is -2.41. The highest BCUT2D eigenvalue weighted by molar-refractivity contribution is 5.52. The van der Waals surface area contributed by atoms with E-state index < -0.39 is 0 Å².